The highest BCUT2D eigenvalue weighted by Crippen LogP contribution is 2.26. The molecule has 0 amide bonds. The lowest BCUT2D eigenvalue weighted by atomic mass is 10.2. The zero-order chi connectivity index (χ0) is 15.4. The van der Waals surface area contributed by atoms with Crippen molar-refractivity contribution < 1.29 is 9.47 Å². The molecule has 0 aliphatic carbocycles. The van der Waals surface area contributed by atoms with Crippen molar-refractivity contribution in [1.82, 2.24) is 4.98 Å². The van der Waals surface area contributed by atoms with Gasteiger partial charge in [0.1, 0.15) is 23.1 Å². The van der Waals surface area contributed by atoms with E-state index in [0.717, 1.165) is 27.8 Å². The van der Waals surface area contributed by atoms with Gasteiger partial charge < -0.3 is 15.2 Å². The van der Waals surface area contributed by atoms with Crippen LogP contribution in [-0.2, 0) is 6.61 Å². The lowest BCUT2D eigenvalue weighted by Crippen LogP contribution is -1.96. The van der Waals surface area contributed by atoms with Crippen LogP contribution in [0.2, 0.25) is 0 Å². The number of hydrogen-bond acceptors (Lipinski definition) is 5. The van der Waals surface area contributed by atoms with Crippen LogP contribution in [0.5, 0.6) is 11.5 Å². The van der Waals surface area contributed by atoms with Crippen molar-refractivity contribution in [3.8, 4) is 22.1 Å². The van der Waals surface area contributed by atoms with E-state index in [1.54, 1.807) is 24.5 Å². The molecule has 0 unspecified atom stereocenters. The number of rotatable bonds is 5. The first-order chi connectivity index (χ1) is 10.7. The van der Waals surface area contributed by atoms with Crippen molar-refractivity contribution in [3.05, 3.63) is 59.6 Å². The summed E-state index contributed by atoms with van der Waals surface area (Å²) < 4.78 is 10.9. The maximum atomic E-state index is 5.73. The molecule has 3 rings (SSSR count). The fourth-order valence-corrected chi connectivity index (χ4v) is 2.81. The van der Waals surface area contributed by atoms with E-state index in [1.165, 1.54) is 0 Å². The van der Waals surface area contributed by atoms with Crippen molar-refractivity contribution in [3.63, 3.8) is 0 Å². The minimum atomic E-state index is 0.427. The number of benzene rings is 2. The Labute approximate surface area is 133 Å². The van der Waals surface area contributed by atoms with Crippen LogP contribution in [0.25, 0.3) is 10.6 Å². The Kier molecular flexibility index (Phi) is 4.25. The number of aromatic nitrogens is 1. The number of nitrogen functional groups attached to an aromatic ring is 1. The number of nitrogens with two attached hydrogens (primary N) is 1. The zero-order valence-electron chi connectivity index (χ0n) is 12.2. The molecule has 0 saturated heterocycles. The van der Waals surface area contributed by atoms with Crippen molar-refractivity contribution in [2.75, 3.05) is 12.8 Å². The van der Waals surface area contributed by atoms with Gasteiger partial charge in [0, 0.05) is 22.7 Å². The van der Waals surface area contributed by atoms with Crippen molar-refractivity contribution >= 4 is 17.0 Å². The Morgan fingerprint density at radius 1 is 1.09 bits per heavy atom. The molecule has 0 atom stereocenters. The van der Waals surface area contributed by atoms with E-state index >= 15 is 0 Å². The van der Waals surface area contributed by atoms with E-state index in [4.69, 9.17) is 15.2 Å². The van der Waals surface area contributed by atoms with Gasteiger partial charge in [-0.1, -0.05) is 6.07 Å². The molecule has 0 radical (unpaired) electrons. The highest BCUT2D eigenvalue weighted by atomic mass is 32.1. The number of hydrogen-bond donors (Lipinski definition) is 1. The van der Waals surface area contributed by atoms with Gasteiger partial charge >= 0.3 is 0 Å². The second-order valence-electron chi connectivity index (χ2n) is 4.73. The summed E-state index contributed by atoms with van der Waals surface area (Å²) in [5.41, 5.74) is 8.39. The van der Waals surface area contributed by atoms with E-state index in [0.29, 0.717) is 12.3 Å². The molecule has 2 N–H and O–H groups in total. The van der Waals surface area contributed by atoms with Crippen LogP contribution in [0.4, 0.5) is 5.69 Å². The predicted octanol–water partition coefficient (Wildman–Crippen LogP) is 3.98. The topological polar surface area (TPSA) is 57.4 Å². The van der Waals surface area contributed by atoms with Crippen molar-refractivity contribution in [2.45, 2.75) is 6.61 Å². The molecule has 1 heterocycles. The van der Waals surface area contributed by atoms with Crippen molar-refractivity contribution in [1.29, 1.82) is 0 Å². The third-order valence-electron chi connectivity index (χ3n) is 3.13. The number of thiazole rings is 1. The Morgan fingerprint density at radius 2 is 1.91 bits per heavy atom. The lowest BCUT2D eigenvalue weighted by Gasteiger charge is -2.04. The zero-order valence-corrected chi connectivity index (χ0v) is 13.0. The summed E-state index contributed by atoms with van der Waals surface area (Å²) in [4.78, 5) is 4.59. The van der Waals surface area contributed by atoms with Gasteiger partial charge in [-0.3, -0.25) is 0 Å². The van der Waals surface area contributed by atoms with E-state index in [1.807, 2.05) is 47.8 Å². The van der Waals surface area contributed by atoms with Crippen LogP contribution in [0.15, 0.2) is 53.9 Å². The third kappa shape index (κ3) is 3.38. The fourth-order valence-electron chi connectivity index (χ4n) is 2.00. The highest BCUT2D eigenvalue weighted by Gasteiger charge is 2.06. The molecule has 22 heavy (non-hydrogen) atoms. The molecule has 0 aliphatic heterocycles. The average molecular weight is 312 g/mol. The monoisotopic (exact) mass is 312 g/mol. The van der Waals surface area contributed by atoms with Gasteiger partial charge in [0.05, 0.1) is 12.8 Å². The third-order valence-corrected chi connectivity index (χ3v) is 4.07. The minimum absolute atomic E-state index is 0.427. The molecule has 112 valence electrons. The summed E-state index contributed by atoms with van der Waals surface area (Å²) in [7, 11) is 1.66. The summed E-state index contributed by atoms with van der Waals surface area (Å²) in [5.74, 6) is 1.59. The summed E-state index contributed by atoms with van der Waals surface area (Å²) in [6.45, 7) is 0.427. The summed E-state index contributed by atoms with van der Waals surface area (Å²) in [6.07, 6.45) is 0. The molecular weight excluding hydrogens is 296 g/mol. The predicted molar refractivity (Wildman–Crippen MR) is 89.3 cm³/mol. The van der Waals surface area contributed by atoms with Crippen LogP contribution in [0.3, 0.4) is 0 Å². The Hall–Kier alpha value is -2.53. The standard InChI is InChI=1S/C17H16N2O2S/c1-20-15-7-5-12(6-8-15)17-19-14(11-22-17)10-21-16-4-2-3-13(18)9-16/h2-9,11H,10,18H2,1H3. The van der Waals surface area contributed by atoms with Crippen LogP contribution in [0, 0.1) is 0 Å². The average Bonchev–Trinajstić information content (AvgIpc) is 3.02. The quantitative estimate of drug-likeness (QED) is 0.724. The molecule has 0 saturated carbocycles. The summed E-state index contributed by atoms with van der Waals surface area (Å²) in [6, 6.07) is 15.2. The van der Waals surface area contributed by atoms with Crippen LogP contribution in [-0.4, -0.2) is 12.1 Å². The number of methoxy groups -OCH3 is 1. The number of anilines is 1. The summed E-state index contributed by atoms with van der Waals surface area (Å²) >= 11 is 1.60. The Balaban J connectivity index is 1.68. The smallest absolute Gasteiger partial charge is 0.131 e. The van der Waals surface area contributed by atoms with Crippen LogP contribution >= 0.6 is 11.3 Å². The molecule has 3 aromatic rings. The first kappa shape index (κ1) is 14.4. The number of nitrogens with zero attached hydrogens (tertiary/aromatic N) is 1. The first-order valence-electron chi connectivity index (χ1n) is 6.82. The fraction of sp³-hybridized carbons (Fsp3) is 0.118. The van der Waals surface area contributed by atoms with Gasteiger partial charge in [-0.05, 0) is 36.4 Å². The summed E-state index contributed by atoms with van der Waals surface area (Å²) in [5, 5.41) is 2.97. The van der Waals surface area contributed by atoms with Gasteiger partial charge in [0.15, 0.2) is 0 Å². The van der Waals surface area contributed by atoms with E-state index in [-0.39, 0.29) is 0 Å². The number of ether oxygens (including phenoxy) is 2. The maximum absolute atomic E-state index is 5.73. The SMILES string of the molecule is COc1ccc(-c2nc(COc3cccc(N)c3)cs2)cc1. The van der Waals surface area contributed by atoms with E-state index in [9.17, 15) is 0 Å². The second kappa shape index (κ2) is 6.49. The molecular formula is C17H16N2O2S. The first-order valence-corrected chi connectivity index (χ1v) is 7.70. The van der Waals surface area contributed by atoms with Crippen LogP contribution in [0.1, 0.15) is 5.69 Å². The molecule has 0 spiro atoms. The molecule has 0 fully saturated rings. The van der Waals surface area contributed by atoms with Gasteiger partial charge in [0.2, 0.25) is 0 Å². The highest BCUT2D eigenvalue weighted by molar-refractivity contribution is 7.13. The molecule has 2 aromatic carbocycles. The molecule has 1 aromatic heterocycles. The van der Waals surface area contributed by atoms with Crippen LogP contribution < -0.4 is 15.2 Å². The Bertz CT molecular complexity index is 753. The molecule has 0 aliphatic rings. The maximum Gasteiger partial charge on any atom is 0.131 e. The van der Waals surface area contributed by atoms with Gasteiger partial charge in [-0.15, -0.1) is 11.3 Å². The Morgan fingerprint density at radius 3 is 2.64 bits per heavy atom. The normalized spacial score (nSPS) is 10.4. The second-order valence-corrected chi connectivity index (χ2v) is 5.59. The van der Waals surface area contributed by atoms with Gasteiger partial charge in [-0.2, -0.15) is 0 Å². The minimum Gasteiger partial charge on any atom is -0.497 e. The van der Waals surface area contributed by atoms with Crippen molar-refractivity contribution in [2.24, 2.45) is 0 Å². The van der Waals surface area contributed by atoms with E-state index in [2.05, 4.69) is 4.98 Å². The molecule has 5 heteroatoms. The largest absolute Gasteiger partial charge is 0.497 e. The van der Waals surface area contributed by atoms with E-state index < -0.39 is 0 Å². The molecule has 0 bridgehead atoms. The lowest BCUT2D eigenvalue weighted by molar-refractivity contribution is 0.302. The van der Waals surface area contributed by atoms with Gasteiger partial charge in [-0.25, -0.2) is 4.98 Å². The molecule has 4 nitrogen and oxygen atoms in total. The van der Waals surface area contributed by atoms with Gasteiger partial charge in [0.25, 0.3) is 0 Å².